The molecule has 5 heteroatoms. The minimum Gasteiger partial charge on any atom is -0.497 e. The highest BCUT2D eigenvalue weighted by Crippen LogP contribution is 2.32. The average Bonchev–Trinajstić information content (AvgIpc) is 2.49. The lowest BCUT2D eigenvalue weighted by Gasteiger charge is -2.38. The number of nitrogens with zero attached hydrogens (tertiary/aromatic N) is 2. The van der Waals surface area contributed by atoms with Crippen molar-refractivity contribution < 1.29 is 9.47 Å². The molecule has 1 atom stereocenters. The molecular weight excluding hydrogens is 254 g/mol. The molecular formula is C15H25N3O2. The van der Waals surface area contributed by atoms with Crippen LogP contribution in [0.1, 0.15) is 11.6 Å². The van der Waals surface area contributed by atoms with Gasteiger partial charge in [0.05, 0.1) is 20.3 Å². The van der Waals surface area contributed by atoms with Crippen molar-refractivity contribution in [1.29, 1.82) is 0 Å². The van der Waals surface area contributed by atoms with E-state index in [9.17, 15) is 0 Å². The first-order valence-electron chi connectivity index (χ1n) is 7.04. The number of hydrogen-bond acceptors (Lipinski definition) is 5. The number of likely N-dealkylation sites (N-methyl/N-ethyl adjacent to an activating group) is 1. The van der Waals surface area contributed by atoms with Crippen LogP contribution in [-0.2, 0) is 0 Å². The third-order valence-corrected chi connectivity index (χ3v) is 4.00. The maximum Gasteiger partial charge on any atom is 0.123 e. The second-order valence-electron chi connectivity index (χ2n) is 5.20. The summed E-state index contributed by atoms with van der Waals surface area (Å²) >= 11 is 0. The van der Waals surface area contributed by atoms with Crippen molar-refractivity contribution in [2.45, 2.75) is 6.04 Å². The highest BCUT2D eigenvalue weighted by molar-refractivity contribution is 5.42. The Kier molecular flexibility index (Phi) is 5.23. The summed E-state index contributed by atoms with van der Waals surface area (Å²) in [5.74, 6) is 1.72. The van der Waals surface area contributed by atoms with E-state index in [1.165, 1.54) is 0 Å². The van der Waals surface area contributed by atoms with E-state index in [0.717, 1.165) is 43.2 Å². The van der Waals surface area contributed by atoms with Crippen LogP contribution in [0.4, 0.5) is 0 Å². The highest BCUT2D eigenvalue weighted by atomic mass is 16.5. The Morgan fingerprint density at radius 3 is 2.40 bits per heavy atom. The first kappa shape index (κ1) is 15.1. The van der Waals surface area contributed by atoms with E-state index in [2.05, 4.69) is 16.8 Å². The van der Waals surface area contributed by atoms with Gasteiger partial charge in [-0.1, -0.05) is 0 Å². The number of hydrogen-bond donors (Lipinski definition) is 1. The number of benzene rings is 1. The van der Waals surface area contributed by atoms with Gasteiger partial charge < -0.3 is 20.1 Å². The Labute approximate surface area is 121 Å². The van der Waals surface area contributed by atoms with Crippen molar-refractivity contribution >= 4 is 0 Å². The van der Waals surface area contributed by atoms with Gasteiger partial charge in [0.25, 0.3) is 0 Å². The molecule has 0 radical (unpaired) electrons. The van der Waals surface area contributed by atoms with Crippen molar-refractivity contribution in [2.24, 2.45) is 5.73 Å². The standard InChI is InChI=1S/C15H25N3O2/c1-17-6-8-18(9-7-17)14(11-16)13-10-12(19-2)4-5-15(13)20-3/h4-5,10,14H,6-9,11,16H2,1-3H3. The molecule has 1 aliphatic rings. The van der Waals surface area contributed by atoms with Gasteiger partial charge in [0.1, 0.15) is 11.5 Å². The summed E-state index contributed by atoms with van der Waals surface area (Å²) in [5.41, 5.74) is 7.14. The van der Waals surface area contributed by atoms with Crippen LogP contribution in [0, 0.1) is 0 Å². The minimum absolute atomic E-state index is 0.175. The van der Waals surface area contributed by atoms with Gasteiger partial charge in [0.15, 0.2) is 0 Å². The fourth-order valence-corrected chi connectivity index (χ4v) is 2.71. The summed E-state index contributed by atoms with van der Waals surface area (Å²) in [6.45, 7) is 4.77. The van der Waals surface area contributed by atoms with Crippen LogP contribution in [0.5, 0.6) is 11.5 Å². The van der Waals surface area contributed by atoms with E-state index in [-0.39, 0.29) is 6.04 Å². The Balaban J connectivity index is 2.25. The van der Waals surface area contributed by atoms with E-state index in [4.69, 9.17) is 15.2 Å². The molecule has 0 bridgehead atoms. The Morgan fingerprint density at radius 2 is 1.85 bits per heavy atom. The van der Waals surface area contributed by atoms with E-state index in [1.807, 2.05) is 18.2 Å². The zero-order valence-corrected chi connectivity index (χ0v) is 12.6. The summed E-state index contributed by atoms with van der Waals surface area (Å²) in [7, 11) is 5.53. The maximum absolute atomic E-state index is 6.03. The smallest absolute Gasteiger partial charge is 0.123 e. The Hall–Kier alpha value is -1.30. The molecule has 0 aromatic heterocycles. The second kappa shape index (κ2) is 6.92. The molecule has 0 saturated carbocycles. The summed E-state index contributed by atoms with van der Waals surface area (Å²) < 4.78 is 10.8. The molecule has 1 unspecified atom stereocenters. The molecule has 20 heavy (non-hydrogen) atoms. The van der Waals surface area contributed by atoms with Crippen LogP contribution in [0.15, 0.2) is 18.2 Å². The fraction of sp³-hybridized carbons (Fsp3) is 0.600. The van der Waals surface area contributed by atoms with Crippen LogP contribution in [-0.4, -0.2) is 63.8 Å². The Bertz CT molecular complexity index is 431. The lowest BCUT2D eigenvalue weighted by atomic mass is 10.0. The van der Waals surface area contributed by atoms with Crippen LogP contribution in [0.25, 0.3) is 0 Å². The minimum atomic E-state index is 0.175. The molecule has 2 N–H and O–H groups in total. The number of methoxy groups -OCH3 is 2. The quantitative estimate of drug-likeness (QED) is 0.870. The maximum atomic E-state index is 6.03. The summed E-state index contributed by atoms with van der Waals surface area (Å²) in [4.78, 5) is 4.77. The van der Waals surface area contributed by atoms with Gasteiger partial charge in [-0.2, -0.15) is 0 Å². The van der Waals surface area contributed by atoms with E-state index < -0.39 is 0 Å². The molecule has 2 rings (SSSR count). The molecule has 0 spiro atoms. The third-order valence-electron chi connectivity index (χ3n) is 4.00. The molecule has 0 aliphatic carbocycles. The highest BCUT2D eigenvalue weighted by Gasteiger charge is 2.25. The largest absolute Gasteiger partial charge is 0.497 e. The molecule has 1 aromatic rings. The van der Waals surface area contributed by atoms with Crippen molar-refractivity contribution in [2.75, 3.05) is 54.0 Å². The second-order valence-corrected chi connectivity index (χ2v) is 5.20. The summed E-state index contributed by atoms with van der Waals surface area (Å²) in [6, 6.07) is 6.08. The first-order valence-corrected chi connectivity index (χ1v) is 7.04. The molecule has 1 saturated heterocycles. The van der Waals surface area contributed by atoms with Crippen molar-refractivity contribution in [1.82, 2.24) is 9.80 Å². The first-order chi connectivity index (χ1) is 9.69. The zero-order chi connectivity index (χ0) is 14.5. The molecule has 1 aliphatic heterocycles. The lowest BCUT2D eigenvalue weighted by Crippen LogP contribution is -2.47. The van der Waals surface area contributed by atoms with E-state index >= 15 is 0 Å². The summed E-state index contributed by atoms with van der Waals surface area (Å²) in [6.07, 6.45) is 0. The summed E-state index contributed by atoms with van der Waals surface area (Å²) in [5, 5.41) is 0. The third kappa shape index (κ3) is 3.23. The topological polar surface area (TPSA) is 51.0 Å². The van der Waals surface area contributed by atoms with Crippen molar-refractivity contribution in [3.63, 3.8) is 0 Å². The van der Waals surface area contributed by atoms with Gasteiger partial charge in [-0.3, -0.25) is 4.90 Å². The lowest BCUT2D eigenvalue weighted by molar-refractivity contribution is 0.113. The zero-order valence-electron chi connectivity index (χ0n) is 12.6. The molecule has 1 fully saturated rings. The average molecular weight is 279 g/mol. The normalized spacial score (nSPS) is 18.8. The fourth-order valence-electron chi connectivity index (χ4n) is 2.71. The SMILES string of the molecule is COc1ccc(OC)c(C(CN)N2CCN(C)CC2)c1. The molecule has 1 aromatic carbocycles. The van der Waals surface area contributed by atoms with Gasteiger partial charge in [0, 0.05) is 38.3 Å². The predicted octanol–water partition coefficient (Wildman–Crippen LogP) is 0.951. The van der Waals surface area contributed by atoms with Crippen LogP contribution >= 0.6 is 0 Å². The molecule has 0 amide bonds. The van der Waals surface area contributed by atoms with Crippen LogP contribution in [0.3, 0.4) is 0 Å². The van der Waals surface area contributed by atoms with Gasteiger partial charge in [0.2, 0.25) is 0 Å². The molecule has 5 nitrogen and oxygen atoms in total. The molecule has 112 valence electrons. The van der Waals surface area contributed by atoms with Crippen molar-refractivity contribution in [3.05, 3.63) is 23.8 Å². The number of piperazine rings is 1. The Morgan fingerprint density at radius 1 is 1.15 bits per heavy atom. The van der Waals surface area contributed by atoms with Crippen molar-refractivity contribution in [3.8, 4) is 11.5 Å². The van der Waals surface area contributed by atoms with Gasteiger partial charge >= 0.3 is 0 Å². The van der Waals surface area contributed by atoms with E-state index in [1.54, 1.807) is 14.2 Å². The predicted molar refractivity (Wildman–Crippen MR) is 80.4 cm³/mol. The number of ether oxygens (including phenoxy) is 2. The van der Waals surface area contributed by atoms with E-state index in [0.29, 0.717) is 6.54 Å². The van der Waals surface area contributed by atoms with Crippen LogP contribution < -0.4 is 15.2 Å². The van der Waals surface area contributed by atoms with Gasteiger partial charge in [-0.25, -0.2) is 0 Å². The number of rotatable bonds is 5. The van der Waals surface area contributed by atoms with Crippen LogP contribution in [0.2, 0.25) is 0 Å². The number of nitrogens with two attached hydrogens (primary N) is 1. The monoisotopic (exact) mass is 279 g/mol. The van der Waals surface area contributed by atoms with Gasteiger partial charge in [-0.05, 0) is 25.2 Å². The molecule has 1 heterocycles. The van der Waals surface area contributed by atoms with Gasteiger partial charge in [-0.15, -0.1) is 0 Å².